The number of ether oxygens (including phenoxy) is 1. The zero-order valence-electron chi connectivity index (χ0n) is 16.3. The van der Waals surface area contributed by atoms with Gasteiger partial charge in [0, 0.05) is 38.1 Å². The van der Waals surface area contributed by atoms with Crippen LogP contribution in [0.25, 0.3) is 5.69 Å². The summed E-state index contributed by atoms with van der Waals surface area (Å²) < 4.78 is 19.9. The Morgan fingerprint density at radius 2 is 1.69 bits per heavy atom. The maximum Gasteiger partial charge on any atom is 0.257 e. The molecule has 1 aromatic heterocycles. The first-order chi connectivity index (χ1) is 14.1. The van der Waals surface area contributed by atoms with E-state index in [2.05, 4.69) is 10.00 Å². The SMILES string of the molecule is COc1ccc(N2CCCN(C(=O)c3cnn(-c4ccc(F)cc4)c3)CC2)cc1. The quantitative estimate of drug-likeness (QED) is 0.681. The first-order valence-electron chi connectivity index (χ1n) is 9.63. The van der Waals surface area contributed by atoms with Gasteiger partial charge in [0.25, 0.3) is 5.91 Å². The largest absolute Gasteiger partial charge is 0.497 e. The van der Waals surface area contributed by atoms with Crippen molar-refractivity contribution in [1.82, 2.24) is 14.7 Å². The van der Waals surface area contributed by atoms with Crippen molar-refractivity contribution >= 4 is 11.6 Å². The number of methoxy groups -OCH3 is 1. The van der Waals surface area contributed by atoms with Gasteiger partial charge in [-0.1, -0.05) is 0 Å². The second kappa shape index (κ2) is 8.34. The summed E-state index contributed by atoms with van der Waals surface area (Å²) in [5.74, 6) is 0.497. The lowest BCUT2D eigenvalue weighted by molar-refractivity contribution is 0.0767. The Labute approximate surface area is 169 Å². The molecule has 4 rings (SSSR count). The zero-order valence-corrected chi connectivity index (χ0v) is 16.3. The summed E-state index contributed by atoms with van der Waals surface area (Å²) in [4.78, 5) is 17.1. The van der Waals surface area contributed by atoms with E-state index in [1.165, 1.54) is 12.1 Å². The minimum absolute atomic E-state index is 0.0325. The van der Waals surface area contributed by atoms with Gasteiger partial charge in [-0.25, -0.2) is 9.07 Å². The van der Waals surface area contributed by atoms with E-state index in [4.69, 9.17) is 4.74 Å². The third kappa shape index (κ3) is 4.23. The van der Waals surface area contributed by atoms with Crippen LogP contribution in [0, 0.1) is 5.82 Å². The van der Waals surface area contributed by atoms with Crippen molar-refractivity contribution < 1.29 is 13.9 Å². The maximum atomic E-state index is 13.1. The van der Waals surface area contributed by atoms with Gasteiger partial charge in [-0.05, 0) is 55.0 Å². The van der Waals surface area contributed by atoms with Gasteiger partial charge in [-0.3, -0.25) is 4.79 Å². The first-order valence-corrected chi connectivity index (χ1v) is 9.63. The number of halogens is 1. The van der Waals surface area contributed by atoms with E-state index < -0.39 is 0 Å². The van der Waals surface area contributed by atoms with Crippen LogP contribution in [-0.4, -0.2) is 53.9 Å². The highest BCUT2D eigenvalue weighted by atomic mass is 19.1. The second-order valence-electron chi connectivity index (χ2n) is 6.98. The highest BCUT2D eigenvalue weighted by Crippen LogP contribution is 2.21. The molecule has 3 aromatic rings. The van der Waals surface area contributed by atoms with Gasteiger partial charge in [-0.15, -0.1) is 0 Å². The first kappa shape index (κ1) is 19.0. The molecule has 1 aliphatic rings. The summed E-state index contributed by atoms with van der Waals surface area (Å²) in [6.45, 7) is 3.01. The maximum absolute atomic E-state index is 13.1. The number of aromatic nitrogens is 2. The molecule has 29 heavy (non-hydrogen) atoms. The Hall–Kier alpha value is -3.35. The van der Waals surface area contributed by atoms with Crippen LogP contribution in [0.1, 0.15) is 16.8 Å². The van der Waals surface area contributed by atoms with Crippen molar-refractivity contribution in [2.45, 2.75) is 6.42 Å². The van der Waals surface area contributed by atoms with Crippen LogP contribution in [0.4, 0.5) is 10.1 Å². The summed E-state index contributed by atoms with van der Waals surface area (Å²) in [7, 11) is 1.66. The van der Waals surface area contributed by atoms with Crippen LogP contribution in [0.15, 0.2) is 60.9 Å². The molecule has 0 unspecified atom stereocenters. The number of rotatable bonds is 4. The van der Waals surface area contributed by atoms with Crippen molar-refractivity contribution in [1.29, 1.82) is 0 Å². The monoisotopic (exact) mass is 394 g/mol. The van der Waals surface area contributed by atoms with Gasteiger partial charge in [-0.2, -0.15) is 5.10 Å². The Bertz CT molecular complexity index is 969. The standard InChI is InChI=1S/C22H23FN4O2/c1-29-21-9-7-19(8-10-21)25-11-2-12-26(14-13-25)22(28)17-15-24-27(16-17)20-5-3-18(23)4-6-20/h3-10,15-16H,2,11-14H2,1H3. The van der Waals surface area contributed by atoms with Gasteiger partial charge < -0.3 is 14.5 Å². The minimum atomic E-state index is -0.303. The molecule has 0 bridgehead atoms. The Balaban J connectivity index is 1.42. The molecule has 1 fully saturated rings. The second-order valence-corrected chi connectivity index (χ2v) is 6.98. The Morgan fingerprint density at radius 3 is 2.41 bits per heavy atom. The van der Waals surface area contributed by atoms with Gasteiger partial charge >= 0.3 is 0 Å². The Kier molecular flexibility index (Phi) is 5.46. The van der Waals surface area contributed by atoms with E-state index in [1.807, 2.05) is 29.2 Å². The van der Waals surface area contributed by atoms with Crippen LogP contribution in [0.3, 0.4) is 0 Å². The van der Waals surface area contributed by atoms with Crippen molar-refractivity contribution in [3.8, 4) is 11.4 Å². The molecule has 0 radical (unpaired) electrons. The summed E-state index contributed by atoms with van der Waals surface area (Å²) in [6.07, 6.45) is 4.16. The smallest absolute Gasteiger partial charge is 0.257 e. The van der Waals surface area contributed by atoms with Gasteiger partial charge in [0.15, 0.2) is 0 Å². The number of nitrogens with zero attached hydrogens (tertiary/aromatic N) is 4. The molecule has 2 aromatic carbocycles. The number of carbonyl (C=O) groups excluding carboxylic acids is 1. The molecule has 150 valence electrons. The molecule has 6 nitrogen and oxygen atoms in total. The van der Waals surface area contributed by atoms with Gasteiger partial charge in [0.1, 0.15) is 11.6 Å². The fraction of sp³-hybridized carbons (Fsp3) is 0.273. The van der Waals surface area contributed by atoms with Crippen molar-refractivity contribution in [3.63, 3.8) is 0 Å². The van der Waals surface area contributed by atoms with Crippen LogP contribution < -0.4 is 9.64 Å². The lowest BCUT2D eigenvalue weighted by Crippen LogP contribution is -2.35. The molecule has 1 amide bonds. The minimum Gasteiger partial charge on any atom is -0.497 e. The number of hydrogen-bond acceptors (Lipinski definition) is 4. The summed E-state index contributed by atoms with van der Waals surface area (Å²) in [6, 6.07) is 14.0. The van der Waals surface area contributed by atoms with E-state index in [0.29, 0.717) is 24.3 Å². The van der Waals surface area contributed by atoms with Crippen LogP contribution in [0.5, 0.6) is 5.75 Å². The van der Waals surface area contributed by atoms with Crippen molar-refractivity contribution in [2.75, 3.05) is 38.2 Å². The van der Waals surface area contributed by atoms with Crippen LogP contribution >= 0.6 is 0 Å². The molecule has 1 saturated heterocycles. The lowest BCUT2D eigenvalue weighted by Gasteiger charge is -2.23. The molecule has 1 aliphatic heterocycles. The number of benzene rings is 2. The number of hydrogen-bond donors (Lipinski definition) is 0. The molecular formula is C22H23FN4O2. The lowest BCUT2D eigenvalue weighted by atomic mass is 10.2. The van der Waals surface area contributed by atoms with E-state index in [-0.39, 0.29) is 11.7 Å². The molecular weight excluding hydrogens is 371 g/mol. The normalized spacial score (nSPS) is 14.6. The number of carbonyl (C=O) groups is 1. The number of amides is 1. The zero-order chi connectivity index (χ0) is 20.2. The van der Waals surface area contributed by atoms with Gasteiger partial charge in [0.2, 0.25) is 0 Å². The average molecular weight is 394 g/mol. The fourth-order valence-electron chi connectivity index (χ4n) is 3.52. The number of anilines is 1. The highest BCUT2D eigenvalue weighted by Gasteiger charge is 2.22. The molecule has 0 spiro atoms. The average Bonchev–Trinajstić information content (AvgIpc) is 3.12. The summed E-state index contributed by atoms with van der Waals surface area (Å²) >= 11 is 0. The predicted molar refractivity (Wildman–Crippen MR) is 109 cm³/mol. The van der Waals surface area contributed by atoms with Crippen LogP contribution in [0.2, 0.25) is 0 Å². The van der Waals surface area contributed by atoms with E-state index in [1.54, 1.807) is 36.3 Å². The molecule has 7 heteroatoms. The topological polar surface area (TPSA) is 50.6 Å². The van der Waals surface area contributed by atoms with E-state index >= 15 is 0 Å². The molecule has 0 aliphatic carbocycles. The van der Waals surface area contributed by atoms with E-state index in [0.717, 1.165) is 30.9 Å². The molecule has 0 saturated carbocycles. The molecule has 0 atom stereocenters. The predicted octanol–water partition coefficient (Wildman–Crippen LogP) is 3.37. The highest BCUT2D eigenvalue weighted by molar-refractivity contribution is 5.93. The molecule has 2 heterocycles. The summed E-state index contributed by atoms with van der Waals surface area (Å²) in [5.41, 5.74) is 2.38. The third-order valence-electron chi connectivity index (χ3n) is 5.14. The Morgan fingerprint density at radius 1 is 0.966 bits per heavy atom. The van der Waals surface area contributed by atoms with E-state index in [9.17, 15) is 9.18 Å². The van der Waals surface area contributed by atoms with Crippen LogP contribution in [-0.2, 0) is 0 Å². The van der Waals surface area contributed by atoms with Crippen molar-refractivity contribution in [2.24, 2.45) is 0 Å². The molecule has 0 N–H and O–H groups in total. The summed E-state index contributed by atoms with van der Waals surface area (Å²) in [5, 5.41) is 4.26. The third-order valence-corrected chi connectivity index (χ3v) is 5.14. The fourth-order valence-corrected chi connectivity index (χ4v) is 3.52. The van der Waals surface area contributed by atoms with Gasteiger partial charge in [0.05, 0.1) is 24.6 Å². The van der Waals surface area contributed by atoms with Crippen molar-refractivity contribution in [3.05, 3.63) is 72.3 Å².